The van der Waals surface area contributed by atoms with Crippen molar-refractivity contribution in [3.8, 4) is 0 Å². The molecule has 11 unspecified atom stereocenters. The van der Waals surface area contributed by atoms with E-state index < -0.39 is 45.9 Å². The van der Waals surface area contributed by atoms with Crippen LogP contribution in [0.25, 0.3) is 0 Å². The Labute approximate surface area is 301 Å². The Balaban J connectivity index is 1.26. The molecule has 2 aliphatic heterocycles. The third-order valence-corrected chi connectivity index (χ3v) is 15.5. The zero-order valence-corrected chi connectivity index (χ0v) is 31.9. The summed E-state index contributed by atoms with van der Waals surface area (Å²) in [5.41, 5.74) is 3.08. The average Bonchev–Trinajstić information content (AvgIpc) is 3.83. The number of rotatable bonds is 14. The van der Waals surface area contributed by atoms with Gasteiger partial charge in [-0.25, -0.2) is 0 Å². The molecule has 11 atom stereocenters. The van der Waals surface area contributed by atoms with E-state index in [-0.39, 0.29) is 29.0 Å². The fourth-order valence-electron chi connectivity index (χ4n) is 12.0. The Morgan fingerprint density at radius 1 is 0.960 bits per heavy atom. The number of allylic oxidation sites excluding steroid dienone is 3. The third-order valence-electron chi connectivity index (χ3n) is 15.5. The van der Waals surface area contributed by atoms with Crippen molar-refractivity contribution < 1.29 is 30.0 Å². The van der Waals surface area contributed by atoms with Crippen molar-refractivity contribution in [3.63, 3.8) is 0 Å². The quantitative estimate of drug-likeness (QED) is 0.0909. The van der Waals surface area contributed by atoms with Crippen LogP contribution < -0.4 is 11.1 Å². The lowest BCUT2D eigenvalue weighted by molar-refractivity contribution is -0.160. The first-order valence-electron chi connectivity index (χ1n) is 20.2. The molecule has 6 rings (SSSR count). The number of epoxide rings is 1. The van der Waals surface area contributed by atoms with Crippen LogP contribution >= 0.6 is 0 Å². The van der Waals surface area contributed by atoms with Gasteiger partial charge in [-0.2, -0.15) is 0 Å². The predicted molar refractivity (Wildman–Crippen MR) is 197 cm³/mol. The Morgan fingerprint density at radius 2 is 1.72 bits per heavy atom. The fraction of sp³-hybridized carbons (Fsp3) is 0.833. The highest BCUT2D eigenvalue weighted by atomic mass is 16.6. The van der Waals surface area contributed by atoms with Crippen LogP contribution in [0.2, 0.25) is 0 Å². The lowest BCUT2D eigenvalue weighted by atomic mass is 9.44. The first kappa shape index (κ1) is 38.0. The molecule has 0 aromatic rings. The maximum Gasteiger partial charge on any atom is 0.159 e. The van der Waals surface area contributed by atoms with Crippen LogP contribution in [-0.2, 0) is 9.53 Å². The summed E-state index contributed by atoms with van der Waals surface area (Å²) in [6, 6.07) is 0. The maximum absolute atomic E-state index is 14.1. The second kappa shape index (κ2) is 13.6. The van der Waals surface area contributed by atoms with Crippen LogP contribution in [0.1, 0.15) is 144 Å². The van der Waals surface area contributed by atoms with Gasteiger partial charge >= 0.3 is 0 Å². The number of ether oxygens (including phenoxy) is 1. The number of carbonyl (C=O) groups excluding carboxylic acids is 1. The minimum Gasteiger partial charge on any atom is -0.393 e. The van der Waals surface area contributed by atoms with Crippen molar-refractivity contribution in [2.24, 2.45) is 39.7 Å². The topological polar surface area (TPSA) is 149 Å². The summed E-state index contributed by atoms with van der Waals surface area (Å²) in [6.07, 6.45) is 17.6. The van der Waals surface area contributed by atoms with Gasteiger partial charge in [0.2, 0.25) is 0 Å². The SMILES string of the molecule is CCCCCCC12CCC(O)CC1C(=O)C=C1C2CCC2(C)C(C(O)(CCC)C3OC3C(C)(O)C(C)(C)CCC3=CCNC(N)=C3)CCC12O. The van der Waals surface area contributed by atoms with Gasteiger partial charge in [0.1, 0.15) is 12.2 Å². The third kappa shape index (κ3) is 6.05. The van der Waals surface area contributed by atoms with Crippen molar-refractivity contribution in [2.45, 2.75) is 179 Å². The van der Waals surface area contributed by atoms with E-state index in [4.69, 9.17) is 10.5 Å². The monoisotopic (exact) mass is 697 g/mol. The molecule has 0 spiro atoms. The Bertz CT molecular complexity index is 1390. The number of aliphatic hydroxyl groups is 4. The molecular formula is C42H68N2O6. The molecule has 8 nitrogen and oxygen atoms in total. The number of nitrogens with one attached hydrogen (secondary N) is 1. The van der Waals surface area contributed by atoms with Crippen LogP contribution in [0.15, 0.2) is 35.2 Å². The molecule has 2 heterocycles. The second-order valence-corrected chi connectivity index (χ2v) is 18.5. The first-order chi connectivity index (χ1) is 23.5. The zero-order chi connectivity index (χ0) is 36.3. The minimum absolute atomic E-state index is 0.0812. The summed E-state index contributed by atoms with van der Waals surface area (Å²) in [5.74, 6) is 0.425. The maximum atomic E-state index is 14.1. The van der Waals surface area contributed by atoms with Gasteiger partial charge in [-0.15, -0.1) is 0 Å². The van der Waals surface area contributed by atoms with E-state index in [2.05, 4.69) is 46.0 Å². The highest BCUT2D eigenvalue weighted by Crippen LogP contribution is 2.70. The number of nitrogens with two attached hydrogens (primary N) is 1. The van der Waals surface area contributed by atoms with E-state index in [1.807, 2.05) is 13.0 Å². The highest BCUT2D eigenvalue weighted by molar-refractivity contribution is 5.95. The minimum atomic E-state index is -1.23. The molecule has 4 fully saturated rings. The zero-order valence-electron chi connectivity index (χ0n) is 31.9. The van der Waals surface area contributed by atoms with E-state index in [0.717, 1.165) is 75.4 Å². The lowest BCUT2D eigenvalue weighted by Crippen LogP contribution is -2.62. The van der Waals surface area contributed by atoms with Gasteiger partial charge in [0.25, 0.3) is 0 Å². The van der Waals surface area contributed by atoms with Gasteiger partial charge in [0.05, 0.1) is 28.7 Å². The average molecular weight is 697 g/mol. The number of fused-ring (bicyclic) bond motifs is 5. The largest absolute Gasteiger partial charge is 0.393 e. The number of aliphatic hydroxyl groups excluding tert-OH is 1. The predicted octanol–water partition coefficient (Wildman–Crippen LogP) is 6.36. The van der Waals surface area contributed by atoms with Gasteiger partial charge in [-0.05, 0) is 124 Å². The van der Waals surface area contributed by atoms with Gasteiger partial charge in [0.15, 0.2) is 5.78 Å². The Kier molecular flexibility index (Phi) is 10.4. The number of hydrogen-bond donors (Lipinski definition) is 6. The van der Waals surface area contributed by atoms with E-state index in [0.29, 0.717) is 44.5 Å². The normalized spacial score (nSPS) is 40.6. The van der Waals surface area contributed by atoms with E-state index >= 15 is 0 Å². The van der Waals surface area contributed by atoms with E-state index in [1.165, 1.54) is 6.42 Å². The molecule has 0 aromatic carbocycles. The lowest BCUT2D eigenvalue weighted by Gasteiger charge is -2.61. The van der Waals surface area contributed by atoms with Crippen molar-refractivity contribution in [2.75, 3.05) is 6.54 Å². The molecule has 6 aliphatic rings. The van der Waals surface area contributed by atoms with Crippen LogP contribution in [0, 0.1) is 34.0 Å². The fourth-order valence-corrected chi connectivity index (χ4v) is 12.0. The Morgan fingerprint density at radius 3 is 2.42 bits per heavy atom. The summed E-state index contributed by atoms with van der Waals surface area (Å²) < 4.78 is 6.42. The van der Waals surface area contributed by atoms with Crippen molar-refractivity contribution in [1.29, 1.82) is 0 Å². The molecule has 0 radical (unpaired) electrons. The number of unbranched alkanes of at least 4 members (excludes halogenated alkanes) is 3. The van der Waals surface area contributed by atoms with Crippen LogP contribution in [0.3, 0.4) is 0 Å². The highest BCUT2D eigenvalue weighted by Gasteiger charge is 2.73. The summed E-state index contributed by atoms with van der Waals surface area (Å²) in [5, 5.41) is 51.9. The van der Waals surface area contributed by atoms with Gasteiger partial charge in [0, 0.05) is 17.9 Å². The van der Waals surface area contributed by atoms with Gasteiger partial charge in [-0.3, -0.25) is 4.79 Å². The summed E-state index contributed by atoms with van der Waals surface area (Å²) >= 11 is 0. The van der Waals surface area contributed by atoms with Crippen LogP contribution in [0.4, 0.5) is 0 Å². The molecule has 0 aromatic heterocycles. The smallest absolute Gasteiger partial charge is 0.159 e. The molecule has 1 saturated heterocycles. The standard InChI is InChI=1S/C42H68N2O6/c1-7-9-10-11-18-40-21-13-28(45)25-31(40)32(46)26-30-29(40)14-20-38(5)33(15-22-42(30,38)49)41(48,17-8-2)36-35(50-36)39(6,47)37(3,4)19-12-27-16-23-44-34(43)24-27/h16,24,26,28-29,31,33,35-36,44-45,47-49H,7-15,17-23,25,43H2,1-6H3. The molecule has 0 bridgehead atoms. The number of ketones is 1. The van der Waals surface area contributed by atoms with Crippen molar-refractivity contribution >= 4 is 5.78 Å². The molecule has 8 heteroatoms. The molecular weight excluding hydrogens is 628 g/mol. The van der Waals surface area contributed by atoms with Crippen molar-refractivity contribution in [3.05, 3.63) is 35.2 Å². The second-order valence-electron chi connectivity index (χ2n) is 18.5. The van der Waals surface area contributed by atoms with Gasteiger partial charge in [-0.1, -0.05) is 72.8 Å². The first-order valence-corrected chi connectivity index (χ1v) is 20.2. The molecule has 50 heavy (non-hydrogen) atoms. The summed E-state index contributed by atoms with van der Waals surface area (Å²) in [6.45, 7) is 13.2. The molecule has 3 saturated carbocycles. The molecule has 0 amide bonds. The van der Waals surface area contributed by atoms with Crippen LogP contribution in [-0.4, -0.2) is 67.9 Å². The van der Waals surface area contributed by atoms with E-state index in [1.54, 1.807) is 6.08 Å². The molecule has 4 aliphatic carbocycles. The number of hydrogen-bond acceptors (Lipinski definition) is 8. The van der Waals surface area contributed by atoms with Crippen LogP contribution in [0.5, 0.6) is 0 Å². The van der Waals surface area contributed by atoms with Crippen molar-refractivity contribution in [1.82, 2.24) is 5.32 Å². The summed E-state index contributed by atoms with van der Waals surface area (Å²) in [7, 11) is 0. The number of dihydropyridines is 1. The van der Waals surface area contributed by atoms with Gasteiger partial charge < -0.3 is 36.2 Å². The Hall–Kier alpha value is -1.71. The number of carbonyl (C=O) groups is 1. The summed E-state index contributed by atoms with van der Waals surface area (Å²) in [4.78, 5) is 14.1. The van der Waals surface area contributed by atoms with E-state index in [9.17, 15) is 25.2 Å². The molecule has 282 valence electrons. The molecule has 7 N–H and O–H groups in total.